The van der Waals surface area contributed by atoms with Crippen molar-refractivity contribution in [3.05, 3.63) is 12.2 Å². The Labute approximate surface area is 92.8 Å². The summed E-state index contributed by atoms with van der Waals surface area (Å²) in [5, 5.41) is 0. The van der Waals surface area contributed by atoms with E-state index in [0.717, 1.165) is 12.0 Å². The van der Waals surface area contributed by atoms with Crippen molar-refractivity contribution >= 4 is 9.84 Å². The SMILES string of the molecule is C=C(C)CCC(NN)C(C)(C)S(C)(=O)=O. The summed E-state index contributed by atoms with van der Waals surface area (Å²) in [6, 6.07) is -0.260. The third-order valence-electron chi connectivity index (χ3n) is 2.86. The van der Waals surface area contributed by atoms with Gasteiger partial charge in [0.25, 0.3) is 0 Å². The van der Waals surface area contributed by atoms with Crippen molar-refractivity contribution in [2.24, 2.45) is 5.84 Å². The van der Waals surface area contributed by atoms with Crippen LogP contribution in [0.4, 0.5) is 0 Å². The van der Waals surface area contributed by atoms with Gasteiger partial charge in [-0.05, 0) is 33.6 Å². The molecule has 90 valence electrons. The predicted octanol–water partition coefficient (Wildman–Crippen LogP) is 0.998. The van der Waals surface area contributed by atoms with Crippen LogP contribution >= 0.6 is 0 Å². The number of rotatable bonds is 6. The predicted molar refractivity (Wildman–Crippen MR) is 64.1 cm³/mol. The normalized spacial score (nSPS) is 15.0. The molecule has 0 bridgehead atoms. The summed E-state index contributed by atoms with van der Waals surface area (Å²) in [5.74, 6) is 5.40. The smallest absolute Gasteiger partial charge is 0.154 e. The van der Waals surface area contributed by atoms with Gasteiger partial charge in [-0.3, -0.25) is 11.3 Å². The minimum atomic E-state index is -3.13. The van der Waals surface area contributed by atoms with Gasteiger partial charge in [0.15, 0.2) is 9.84 Å². The molecule has 0 saturated heterocycles. The second kappa shape index (κ2) is 5.09. The molecular weight excluding hydrogens is 212 g/mol. The molecule has 0 aliphatic heterocycles. The van der Waals surface area contributed by atoms with Gasteiger partial charge in [-0.25, -0.2) is 8.42 Å². The van der Waals surface area contributed by atoms with Crippen molar-refractivity contribution in [3.63, 3.8) is 0 Å². The zero-order valence-corrected chi connectivity index (χ0v) is 10.8. The molecule has 5 heteroatoms. The molecular formula is C10H22N2O2S. The van der Waals surface area contributed by atoms with Gasteiger partial charge < -0.3 is 0 Å². The van der Waals surface area contributed by atoms with Crippen molar-refractivity contribution in [2.75, 3.05) is 6.26 Å². The van der Waals surface area contributed by atoms with Crippen LogP contribution in [-0.2, 0) is 9.84 Å². The molecule has 0 aromatic rings. The van der Waals surface area contributed by atoms with Crippen LogP contribution in [0.1, 0.15) is 33.6 Å². The zero-order valence-electron chi connectivity index (χ0n) is 10.0. The van der Waals surface area contributed by atoms with Crippen LogP contribution in [0.15, 0.2) is 12.2 Å². The Bertz CT molecular complexity index is 320. The topological polar surface area (TPSA) is 72.2 Å². The van der Waals surface area contributed by atoms with E-state index in [-0.39, 0.29) is 6.04 Å². The highest BCUT2D eigenvalue weighted by Crippen LogP contribution is 2.23. The van der Waals surface area contributed by atoms with E-state index in [9.17, 15) is 8.42 Å². The average molecular weight is 234 g/mol. The maximum atomic E-state index is 11.6. The molecule has 0 amide bonds. The second-order valence-electron chi connectivity index (χ2n) is 4.59. The summed E-state index contributed by atoms with van der Waals surface area (Å²) in [4.78, 5) is 0. The van der Waals surface area contributed by atoms with E-state index in [1.165, 1.54) is 6.26 Å². The van der Waals surface area contributed by atoms with E-state index < -0.39 is 14.6 Å². The first-order valence-corrected chi connectivity index (χ1v) is 6.82. The molecule has 0 aliphatic carbocycles. The Morgan fingerprint density at radius 1 is 1.53 bits per heavy atom. The monoisotopic (exact) mass is 234 g/mol. The van der Waals surface area contributed by atoms with Crippen molar-refractivity contribution in [3.8, 4) is 0 Å². The number of nitrogens with two attached hydrogens (primary N) is 1. The lowest BCUT2D eigenvalue weighted by molar-refractivity contribution is 0.394. The number of hydrogen-bond donors (Lipinski definition) is 2. The Kier molecular flexibility index (Phi) is 4.96. The Hall–Kier alpha value is -0.390. The molecule has 0 aromatic carbocycles. The van der Waals surface area contributed by atoms with E-state index >= 15 is 0 Å². The van der Waals surface area contributed by atoms with E-state index in [2.05, 4.69) is 12.0 Å². The number of sulfone groups is 1. The molecule has 0 aliphatic rings. The lowest BCUT2D eigenvalue weighted by Crippen LogP contribution is -2.53. The fourth-order valence-corrected chi connectivity index (χ4v) is 1.98. The summed E-state index contributed by atoms with van der Waals surface area (Å²) in [6.07, 6.45) is 2.68. The van der Waals surface area contributed by atoms with Gasteiger partial charge in [0.05, 0.1) is 4.75 Å². The third kappa shape index (κ3) is 3.93. The molecule has 0 aromatic heterocycles. The van der Waals surface area contributed by atoms with E-state index in [4.69, 9.17) is 5.84 Å². The van der Waals surface area contributed by atoms with Crippen molar-refractivity contribution in [1.82, 2.24) is 5.43 Å². The van der Waals surface area contributed by atoms with Gasteiger partial charge in [-0.15, -0.1) is 6.58 Å². The summed E-state index contributed by atoms with van der Waals surface area (Å²) < 4.78 is 22.3. The van der Waals surface area contributed by atoms with Crippen LogP contribution in [0.25, 0.3) is 0 Å². The van der Waals surface area contributed by atoms with Gasteiger partial charge in [0.1, 0.15) is 0 Å². The van der Waals surface area contributed by atoms with Gasteiger partial charge in [0, 0.05) is 12.3 Å². The first-order valence-electron chi connectivity index (χ1n) is 4.93. The molecule has 1 atom stereocenters. The van der Waals surface area contributed by atoms with E-state index in [0.29, 0.717) is 6.42 Å². The fourth-order valence-electron chi connectivity index (χ4n) is 1.28. The number of hydrazine groups is 1. The van der Waals surface area contributed by atoms with E-state index in [1.807, 2.05) is 6.92 Å². The maximum absolute atomic E-state index is 11.6. The third-order valence-corrected chi connectivity index (χ3v) is 5.05. The summed E-state index contributed by atoms with van der Waals surface area (Å²) in [6.45, 7) is 9.08. The molecule has 3 N–H and O–H groups in total. The highest BCUT2D eigenvalue weighted by Gasteiger charge is 2.37. The summed E-state index contributed by atoms with van der Waals surface area (Å²) in [5.41, 5.74) is 3.61. The summed E-state index contributed by atoms with van der Waals surface area (Å²) >= 11 is 0. The molecule has 0 spiro atoms. The quantitative estimate of drug-likeness (QED) is 0.408. The summed E-state index contributed by atoms with van der Waals surface area (Å²) in [7, 11) is -3.13. The Balaban J connectivity index is 4.74. The molecule has 0 heterocycles. The highest BCUT2D eigenvalue weighted by atomic mass is 32.2. The molecule has 15 heavy (non-hydrogen) atoms. The van der Waals surface area contributed by atoms with Crippen molar-refractivity contribution in [1.29, 1.82) is 0 Å². The Morgan fingerprint density at radius 2 is 2.00 bits per heavy atom. The van der Waals surface area contributed by atoms with Crippen molar-refractivity contribution < 1.29 is 8.42 Å². The average Bonchev–Trinajstić information content (AvgIpc) is 2.02. The van der Waals surface area contributed by atoms with Crippen LogP contribution in [0.2, 0.25) is 0 Å². The molecule has 0 fully saturated rings. The highest BCUT2D eigenvalue weighted by molar-refractivity contribution is 7.92. The largest absolute Gasteiger partial charge is 0.271 e. The first kappa shape index (κ1) is 14.6. The lowest BCUT2D eigenvalue weighted by atomic mass is 9.97. The van der Waals surface area contributed by atoms with Crippen molar-refractivity contribution in [2.45, 2.75) is 44.4 Å². The van der Waals surface area contributed by atoms with Crippen LogP contribution in [0, 0.1) is 0 Å². The number of hydrogen-bond acceptors (Lipinski definition) is 4. The Morgan fingerprint density at radius 3 is 2.27 bits per heavy atom. The van der Waals surface area contributed by atoms with Gasteiger partial charge in [-0.1, -0.05) is 5.57 Å². The second-order valence-corrected chi connectivity index (χ2v) is 7.19. The standard InChI is InChI=1S/C10H22N2O2S/c1-8(2)6-7-9(12-11)10(3,4)15(5,13)14/h9,12H,1,6-7,11H2,2-5H3. The fraction of sp³-hybridized carbons (Fsp3) is 0.800. The zero-order chi connectivity index (χ0) is 12.3. The molecule has 0 saturated carbocycles. The van der Waals surface area contributed by atoms with Crippen LogP contribution < -0.4 is 11.3 Å². The molecule has 4 nitrogen and oxygen atoms in total. The van der Waals surface area contributed by atoms with E-state index in [1.54, 1.807) is 13.8 Å². The minimum absolute atomic E-state index is 0.260. The molecule has 1 unspecified atom stereocenters. The van der Waals surface area contributed by atoms with Crippen LogP contribution in [-0.4, -0.2) is 25.5 Å². The number of allylic oxidation sites excluding steroid dienone is 1. The lowest BCUT2D eigenvalue weighted by Gasteiger charge is -2.32. The van der Waals surface area contributed by atoms with Crippen LogP contribution in [0.5, 0.6) is 0 Å². The van der Waals surface area contributed by atoms with Gasteiger partial charge in [-0.2, -0.15) is 0 Å². The van der Waals surface area contributed by atoms with Gasteiger partial charge in [0.2, 0.25) is 0 Å². The number of nitrogens with one attached hydrogen (secondary N) is 1. The maximum Gasteiger partial charge on any atom is 0.154 e. The molecule has 0 rings (SSSR count). The van der Waals surface area contributed by atoms with Crippen LogP contribution in [0.3, 0.4) is 0 Å². The molecule has 0 radical (unpaired) electrons. The minimum Gasteiger partial charge on any atom is -0.271 e. The van der Waals surface area contributed by atoms with Gasteiger partial charge >= 0.3 is 0 Å². The first-order chi connectivity index (χ1) is 6.63.